The minimum Gasteiger partial charge on any atom is -0.355 e. The summed E-state index contributed by atoms with van der Waals surface area (Å²) in [6.07, 6.45) is 2.81. The van der Waals surface area contributed by atoms with Gasteiger partial charge in [0.15, 0.2) is 0 Å². The molecule has 1 atom stereocenters. The molecule has 1 aromatic heterocycles. The molecule has 2 heterocycles. The molecule has 1 saturated heterocycles. The Labute approximate surface area is 159 Å². The molecular formula is C22H26N4O. The number of anilines is 1. The first-order valence-corrected chi connectivity index (χ1v) is 9.72. The molecule has 27 heavy (non-hydrogen) atoms. The summed E-state index contributed by atoms with van der Waals surface area (Å²) in [6.45, 7) is 4.43. The number of H-pyrrole nitrogens is 1. The van der Waals surface area contributed by atoms with Crippen LogP contribution in [0, 0.1) is 12.8 Å². The van der Waals surface area contributed by atoms with Crippen LogP contribution in [-0.2, 0) is 11.2 Å². The summed E-state index contributed by atoms with van der Waals surface area (Å²) in [5.41, 5.74) is 4.53. The van der Waals surface area contributed by atoms with Crippen LogP contribution < -0.4 is 10.2 Å². The van der Waals surface area contributed by atoms with E-state index in [0.717, 1.165) is 49.3 Å². The molecule has 0 saturated carbocycles. The standard InChI is InChI=1S/C22H26N4O/c1-16-8-10-17(11-9-16)12-13-23-21(27)18-5-4-14-26(15-18)22-24-19-6-2-3-7-20(19)25-22/h2-3,6-11,18H,4-5,12-15H2,1H3,(H,23,27)(H,24,25)/t18-/m1/s1. The summed E-state index contributed by atoms with van der Waals surface area (Å²) in [7, 11) is 0. The third kappa shape index (κ3) is 4.13. The lowest BCUT2D eigenvalue weighted by atomic mass is 9.97. The van der Waals surface area contributed by atoms with E-state index < -0.39 is 0 Å². The van der Waals surface area contributed by atoms with Gasteiger partial charge < -0.3 is 15.2 Å². The molecule has 1 aliphatic heterocycles. The molecule has 2 aromatic carbocycles. The summed E-state index contributed by atoms with van der Waals surface area (Å²) in [6, 6.07) is 16.5. The average Bonchev–Trinajstić information content (AvgIpc) is 3.14. The number of carbonyl (C=O) groups is 1. The number of rotatable bonds is 5. The van der Waals surface area contributed by atoms with Gasteiger partial charge in [0.25, 0.3) is 0 Å². The van der Waals surface area contributed by atoms with Crippen LogP contribution >= 0.6 is 0 Å². The number of aromatic nitrogens is 2. The minimum absolute atomic E-state index is 0.0185. The van der Waals surface area contributed by atoms with Gasteiger partial charge in [0.05, 0.1) is 17.0 Å². The predicted octanol–water partition coefficient (Wildman–Crippen LogP) is 3.45. The summed E-state index contributed by atoms with van der Waals surface area (Å²) in [5.74, 6) is 1.04. The minimum atomic E-state index is 0.0185. The molecule has 4 rings (SSSR count). The van der Waals surface area contributed by atoms with E-state index >= 15 is 0 Å². The van der Waals surface area contributed by atoms with Crippen molar-refractivity contribution in [2.75, 3.05) is 24.5 Å². The number of nitrogens with one attached hydrogen (secondary N) is 2. The molecule has 5 nitrogen and oxygen atoms in total. The Morgan fingerprint density at radius 3 is 2.85 bits per heavy atom. The van der Waals surface area contributed by atoms with Crippen molar-refractivity contribution in [2.45, 2.75) is 26.2 Å². The highest BCUT2D eigenvalue weighted by molar-refractivity contribution is 5.80. The molecular weight excluding hydrogens is 336 g/mol. The number of hydrogen-bond donors (Lipinski definition) is 2. The molecule has 3 aromatic rings. The lowest BCUT2D eigenvalue weighted by Gasteiger charge is -2.31. The number of carbonyl (C=O) groups excluding carboxylic acids is 1. The van der Waals surface area contributed by atoms with Gasteiger partial charge in [-0.15, -0.1) is 0 Å². The van der Waals surface area contributed by atoms with Gasteiger partial charge in [-0.1, -0.05) is 42.0 Å². The largest absolute Gasteiger partial charge is 0.355 e. The highest BCUT2D eigenvalue weighted by Crippen LogP contribution is 2.23. The lowest BCUT2D eigenvalue weighted by Crippen LogP contribution is -2.43. The highest BCUT2D eigenvalue weighted by Gasteiger charge is 2.27. The Balaban J connectivity index is 1.33. The SMILES string of the molecule is Cc1ccc(CCNC(=O)[C@@H]2CCCN(c3nc4ccccc4[nH]3)C2)cc1. The lowest BCUT2D eigenvalue weighted by molar-refractivity contribution is -0.125. The van der Waals surface area contributed by atoms with E-state index in [1.54, 1.807) is 0 Å². The molecule has 0 unspecified atom stereocenters. The van der Waals surface area contributed by atoms with E-state index in [9.17, 15) is 4.79 Å². The van der Waals surface area contributed by atoms with E-state index in [2.05, 4.69) is 51.4 Å². The van der Waals surface area contributed by atoms with Crippen molar-refractivity contribution in [2.24, 2.45) is 5.92 Å². The number of piperidine rings is 1. The monoisotopic (exact) mass is 362 g/mol. The summed E-state index contributed by atoms with van der Waals surface area (Å²) < 4.78 is 0. The maximum atomic E-state index is 12.6. The number of para-hydroxylation sites is 2. The third-order valence-corrected chi connectivity index (χ3v) is 5.30. The summed E-state index contributed by atoms with van der Waals surface area (Å²) in [5, 5.41) is 3.12. The maximum Gasteiger partial charge on any atom is 0.224 e. The normalized spacial score (nSPS) is 17.2. The number of aromatic amines is 1. The summed E-state index contributed by atoms with van der Waals surface area (Å²) in [4.78, 5) is 22.9. The second kappa shape index (κ2) is 7.82. The smallest absolute Gasteiger partial charge is 0.224 e. The second-order valence-corrected chi connectivity index (χ2v) is 7.39. The molecule has 140 valence electrons. The van der Waals surface area contributed by atoms with Crippen molar-refractivity contribution in [1.82, 2.24) is 15.3 Å². The number of amides is 1. The first kappa shape index (κ1) is 17.6. The zero-order valence-electron chi connectivity index (χ0n) is 15.7. The van der Waals surface area contributed by atoms with Crippen molar-refractivity contribution in [3.8, 4) is 0 Å². The van der Waals surface area contributed by atoms with E-state index in [-0.39, 0.29) is 11.8 Å². The first-order valence-electron chi connectivity index (χ1n) is 9.72. The van der Waals surface area contributed by atoms with Crippen LogP contribution in [0.2, 0.25) is 0 Å². The number of aryl methyl sites for hydroxylation is 1. The van der Waals surface area contributed by atoms with Gasteiger partial charge in [-0.2, -0.15) is 0 Å². The Morgan fingerprint density at radius 2 is 2.04 bits per heavy atom. The molecule has 1 fully saturated rings. The second-order valence-electron chi connectivity index (χ2n) is 7.39. The highest BCUT2D eigenvalue weighted by atomic mass is 16.1. The third-order valence-electron chi connectivity index (χ3n) is 5.30. The molecule has 5 heteroatoms. The number of benzene rings is 2. The Kier molecular flexibility index (Phi) is 5.10. The molecule has 0 spiro atoms. The van der Waals surface area contributed by atoms with E-state index in [4.69, 9.17) is 0 Å². The number of hydrogen-bond acceptors (Lipinski definition) is 3. The fraction of sp³-hybridized carbons (Fsp3) is 0.364. The van der Waals surface area contributed by atoms with E-state index in [0.29, 0.717) is 6.54 Å². The van der Waals surface area contributed by atoms with Gasteiger partial charge >= 0.3 is 0 Å². The van der Waals surface area contributed by atoms with Crippen LogP contribution in [0.3, 0.4) is 0 Å². The van der Waals surface area contributed by atoms with Gasteiger partial charge in [-0.25, -0.2) is 4.98 Å². The van der Waals surface area contributed by atoms with E-state index in [1.165, 1.54) is 11.1 Å². The van der Waals surface area contributed by atoms with Crippen molar-refractivity contribution >= 4 is 22.9 Å². The van der Waals surface area contributed by atoms with Crippen LogP contribution in [0.5, 0.6) is 0 Å². The van der Waals surface area contributed by atoms with Crippen LogP contribution in [0.4, 0.5) is 5.95 Å². The molecule has 1 aliphatic rings. The molecule has 0 radical (unpaired) electrons. The quantitative estimate of drug-likeness (QED) is 0.731. The maximum absolute atomic E-state index is 12.6. The van der Waals surface area contributed by atoms with Gasteiger partial charge in [0.1, 0.15) is 0 Å². The van der Waals surface area contributed by atoms with Gasteiger partial charge in [0.2, 0.25) is 11.9 Å². The fourth-order valence-electron chi connectivity index (χ4n) is 3.70. The molecule has 1 amide bonds. The van der Waals surface area contributed by atoms with Gasteiger partial charge in [0, 0.05) is 19.6 Å². The van der Waals surface area contributed by atoms with Crippen molar-refractivity contribution in [3.05, 3.63) is 59.7 Å². The zero-order valence-corrected chi connectivity index (χ0v) is 15.7. The topological polar surface area (TPSA) is 61.0 Å². The molecule has 0 bridgehead atoms. The summed E-state index contributed by atoms with van der Waals surface area (Å²) >= 11 is 0. The zero-order chi connectivity index (χ0) is 18.6. The predicted molar refractivity (Wildman–Crippen MR) is 109 cm³/mol. The average molecular weight is 362 g/mol. The Hall–Kier alpha value is -2.82. The molecule has 0 aliphatic carbocycles. The van der Waals surface area contributed by atoms with Crippen LogP contribution in [-0.4, -0.2) is 35.5 Å². The van der Waals surface area contributed by atoms with E-state index in [1.807, 2.05) is 24.3 Å². The number of nitrogens with zero attached hydrogens (tertiary/aromatic N) is 2. The van der Waals surface area contributed by atoms with Crippen LogP contribution in [0.1, 0.15) is 24.0 Å². The Morgan fingerprint density at radius 1 is 1.22 bits per heavy atom. The first-order chi connectivity index (χ1) is 13.2. The molecule has 2 N–H and O–H groups in total. The van der Waals surface area contributed by atoms with Crippen LogP contribution in [0.15, 0.2) is 48.5 Å². The Bertz CT molecular complexity index is 882. The fourth-order valence-corrected chi connectivity index (χ4v) is 3.70. The number of imidazole rings is 1. The van der Waals surface area contributed by atoms with Gasteiger partial charge in [-0.3, -0.25) is 4.79 Å². The van der Waals surface area contributed by atoms with Crippen molar-refractivity contribution < 1.29 is 4.79 Å². The van der Waals surface area contributed by atoms with Crippen molar-refractivity contribution in [3.63, 3.8) is 0 Å². The number of fused-ring (bicyclic) bond motifs is 1. The van der Waals surface area contributed by atoms with Gasteiger partial charge in [-0.05, 0) is 43.9 Å². The van der Waals surface area contributed by atoms with Crippen LogP contribution in [0.25, 0.3) is 11.0 Å². The van der Waals surface area contributed by atoms with Crippen molar-refractivity contribution in [1.29, 1.82) is 0 Å².